The summed E-state index contributed by atoms with van der Waals surface area (Å²) in [5, 5.41) is 21.3. The summed E-state index contributed by atoms with van der Waals surface area (Å²) in [6, 6.07) is 11.0. The number of aromatic nitrogens is 1. The Morgan fingerprint density at radius 3 is 2.46 bits per heavy atom. The Bertz CT molecular complexity index is 860. The zero-order valence-electron chi connectivity index (χ0n) is 13.3. The van der Waals surface area contributed by atoms with E-state index in [1.807, 2.05) is 44.2 Å². The lowest BCUT2D eigenvalue weighted by Crippen LogP contribution is -2.16. The minimum atomic E-state index is -0.203. The molecule has 2 rings (SSSR count). The van der Waals surface area contributed by atoms with Crippen molar-refractivity contribution in [1.82, 2.24) is 4.98 Å². The lowest BCUT2D eigenvalue weighted by Gasteiger charge is -2.11. The summed E-state index contributed by atoms with van der Waals surface area (Å²) in [5.74, 6) is -0.0685. The fourth-order valence-corrected chi connectivity index (χ4v) is 2.87. The number of para-hydroxylation sites is 1. The highest BCUT2D eigenvalue weighted by atomic mass is 32.2. The van der Waals surface area contributed by atoms with Crippen LogP contribution in [0.15, 0.2) is 29.3 Å². The van der Waals surface area contributed by atoms with Crippen LogP contribution in [0.3, 0.4) is 0 Å². The first-order chi connectivity index (χ1) is 11.5. The maximum absolute atomic E-state index is 12.2. The first kappa shape index (κ1) is 17.3. The molecule has 0 fully saturated rings. The van der Waals surface area contributed by atoms with Crippen LogP contribution in [0, 0.1) is 36.5 Å². The third kappa shape index (κ3) is 3.83. The molecule has 24 heavy (non-hydrogen) atoms. The Labute approximate surface area is 144 Å². The topological polar surface area (TPSA) is 116 Å². The number of hydrogen-bond acceptors (Lipinski definition) is 6. The molecule has 0 atom stereocenters. The Morgan fingerprint density at radius 1 is 1.25 bits per heavy atom. The molecule has 6 nitrogen and oxygen atoms in total. The second-order valence-corrected chi connectivity index (χ2v) is 6.07. The van der Waals surface area contributed by atoms with Crippen molar-refractivity contribution >= 4 is 29.2 Å². The van der Waals surface area contributed by atoms with Gasteiger partial charge in [0.05, 0.1) is 16.9 Å². The van der Waals surface area contributed by atoms with E-state index in [0.29, 0.717) is 5.03 Å². The number of benzene rings is 1. The fourth-order valence-electron chi connectivity index (χ4n) is 2.11. The number of amides is 1. The molecule has 0 aliphatic carbocycles. The van der Waals surface area contributed by atoms with E-state index in [1.165, 1.54) is 6.07 Å². The predicted octanol–water partition coefficient (Wildman–Crippen LogP) is 2.75. The molecule has 0 radical (unpaired) electrons. The lowest BCUT2D eigenvalue weighted by molar-refractivity contribution is -0.113. The number of nitriles is 2. The zero-order chi connectivity index (χ0) is 17.7. The Balaban J connectivity index is 2.11. The number of carbonyl (C=O) groups excluding carboxylic acids is 1. The molecule has 0 unspecified atom stereocenters. The first-order valence-corrected chi connectivity index (χ1v) is 8.04. The maximum atomic E-state index is 12.2. The van der Waals surface area contributed by atoms with Gasteiger partial charge in [-0.05, 0) is 31.0 Å². The summed E-state index contributed by atoms with van der Waals surface area (Å²) in [4.78, 5) is 16.2. The number of hydrogen-bond donors (Lipinski definition) is 2. The number of nitrogens with two attached hydrogens (primary N) is 1. The van der Waals surface area contributed by atoms with E-state index in [9.17, 15) is 4.79 Å². The van der Waals surface area contributed by atoms with Crippen molar-refractivity contribution in [2.45, 2.75) is 18.9 Å². The van der Waals surface area contributed by atoms with Gasteiger partial charge in [0.15, 0.2) is 0 Å². The molecule has 1 aromatic carbocycles. The molecular formula is C17H15N5OS. The van der Waals surface area contributed by atoms with Crippen LogP contribution in [0.25, 0.3) is 0 Å². The van der Waals surface area contributed by atoms with Gasteiger partial charge in [-0.15, -0.1) is 0 Å². The molecule has 2 aromatic rings. The van der Waals surface area contributed by atoms with Gasteiger partial charge in [0, 0.05) is 5.69 Å². The van der Waals surface area contributed by atoms with Gasteiger partial charge >= 0.3 is 0 Å². The minimum Gasteiger partial charge on any atom is -0.383 e. The van der Waals surface area contributed by atoms with Gasteiger partial charge in [-0.3, -0.25) is 4.79 Å². The molecule has 1 amide bonds. The summed E-state index contributed by atoms with van der Waals surface area (Å²) in [5.41, 5.74) is 8.79. The number of pyridine rings is 1. The summed E-state index contributed by atoms with van der Waals surface area (Å²) in [6.45, 7) is 3.85. The highest BCUT2D eigenvalue weighted by Crippen LogP contribution is 2.25. The van der Waals surface area contributed by atoms with Gasteiger partial charge < -0.3 is 11.1 Å². The lowest BCUT2D eigenvalue weighted by atomic mass is 10.1. The predicted molar refractivity (Wildman–Crippen MR) is 93.3 cm³/mol. The third-order valence-electron chi connectivity index (χ3n) is 3.34. The molecule has 0 saturated heterocycles. The Morgan fingerprint density at radius 2 is 1.88 bits per heavy atom. The molecule has 0 bridgehead atoms. The summed E-state index contributed by atoms with van der Waals surface area (Å²) >= 11 is 1.11. The summed E-state index contributed by atoms with van der Waals surface area (Å²) in [7, 11) is 0. The fraction of sp³-hybridized carbons (Fsp3) is 0.176. The highest BCUT2D eigenvalue weighted by Gasteiger charge is 2.13. The third-order valence-corrected chi connectivity index (χ3v) is 4.33. The molecule has 1 aromatic heterocycles. The van der Waals surface area contributed by atoms with Crippen LogP contribution in [-0.4, -0.2) is 16.6 Å². The van der Waals surface area contributed by atoms with Crippen molar-refractivity contribution in [2.24, 2.45) is 0 Å². The quantitative estimate of drug-likeness (QED) is 0.829. The van der Waals surface area contributed by atoms with E-state index in [1.54, 1.807) is 0 Å². The van der Waals surface area contributed by atoms with E-state index in [2.05, 4.69) is 10.3 Å². The standard InChI is InChI=1S/C17H15N5OS/c1-10-4-3-5-11(2)15(10)21-14(23)9-24-17-13(8-19)6-12(7-18)16(20)22-17/h3-6H,9H2,1-2H3,(H2,20,22)(H,21,23). The van der Waals surface area contributed by atoms with Crippen LogP contribution < -0.4 is 11.1 Å². The van der Waals surface area contributed by atoms with Crippen LogP contribution >= 0.6 is 11.8 Å². The molecular weight excluding hydrogens is 322 g/mol. The summed E-state index contributed by atoms with van der Waals surface area (Å²) in [6.07, 6.45) is 0. The van der Waals surface area contributed by atoms with Crippen LogP contribution in [-0.2, 0) is 4.79 Å². The number of rotatable bonds is 4. The zero-order valence-corrected chi connectivity index (χ0v) is 14.1. The normalized spacial score (nSPS) is 9.83. The van der Waals surface area contributed by atoms with Gasteiger partial charge in [-0.1, -0.05) is 30.0 Å². The number of nitrogen functional groups attached to an aromatic ring is 1. The number of nitrogens with one attached hydrogen (secondary N) is 1. The van der Waals surface area contributed by atoms with Gasteiger partial charge in [0.1, 0.15) is 23.0 Å². The second-order valence-electron chi connectivity index (χ2n) is 5.10. The number of aryl methyl sites for hydroxylation is 2. The van der Waals surface area contributed by atoms with E-state index in [4.69, 9.17) is 16.3 Å². The largest absolute Gasteiger partial charge is 0.383 e. The molecule has 1 heterocycles. The van der Waals surface area contributed by atoms with Crippen LogP contribution in [0.5, 0.6) is 0 Å². The number of thioether (sulfide) groups is 1. The number of anilines is 2. The van der Waals surface area contributed by atoms with E-state index < -0.39 is 0 Å². The van der Waals surface area contributed by atoms with E-state index >= 15 is 0 Å². The number of carbonyl (C=O) groups is 1. The first-order valence-electron chi connectivity index (χ1n) is 7.05. The van der Waals surface area contributed by atoms with Crippen LogP contribution in [0.1, 0.15) is 22.3 Å². The molecule has 0 spiro atoms. The van der Waals surface area contributed by atoms with Crippen molar-refractivity contribution in [3.63, 3.8) is 0 Å². The van der Waals surface area contributed by atoms with Crippen molar-refractivity contribution in [3.8, 4) is 12.1 Å². The van der Waals surface area contributed by atoms with E-state index in [-0.39, 0.29) is 28.6 Å². The van der Waals surface area contributed by atoms with Crippen molar-refractivity contribution in [2.75, 3.05) is 16.8 Å². The van der Waals surface area contributed by atoms with Crippen LogP contribution in [0.2, 0.25) is 0 Å². The Hall–Kier alpha value is -3.03. The van der Waals surface area contributed by atoms with Gasteiger partial charge in [-0.2, -0.15) is 10.5 Å². The molecule has 120 valence electrons. The molecule has 0 saturated carbocycles. The molecule has 7 heteroatoms. The maximum Gasteiger partial charge on any atom is 0.234 e. The smallest absolute Gasteiger partial charge is 0.234 e. The second kappa shape index (κ2) is 7.49. The van der Waals surface area contributed by atoms with Gasteiger partial charge in [-0.25, -0.2) is 4.98 Å². The van der Waals surface area contributed by atoms with Gasteiger partial charge in [0.2, 0.25) is 5.91 Å². The minimum absolute atomic E-state index is 0.0501. The molecule has 3 N–H and O–H groups in total. The average Bonchev–Trinajstić information content (AvgIpc) is 2.56. The van der Waals surface area contributed by atoms with Crippen molar-refractivity contribution in [3.05, 3.63) is 46.5 Å². The summed E-state index contributed by atoms with van der Waals surface area (Å²) < 4.78 is 0. The van der Waals surface area contributed by atoms with Crippen molar-refractivity contribution in [1.29, 1.82) is 10.5 Å². The molecule has 0 aliphatic heterocycles. The highest BCUT2D eigenvalue weighted by molar-refractivity contribution is 8.00. The average molecular weight is 337 g/mol. The van der Waals surface area contributed by atoms with Crippen molar-refractivity contribution < 1.29 is 4.79 Å². The molecule has 0 aliphatic rings. The monoisotopic (exact) mass is 337 g/mol. The SMILES string of the molecule is Cc1cccc(C)c1NC(=O)CSc1nc(N)c(C#N)cc1C#N. The van der Waals surface area contributed by atoms with Gasteiger partial charge in [0.25, 0.3) is 0 Å². The Kier molecular flexibility index (Phi) is 5.41. The number of nitrogens with zero attached hydrogens (tertiary/aromatic N) is 3. The van der Waals surface area contributed by atoms with Crippen LogP contribution in [0.4, 0.5) is 11.5 Å². The van der Waals surface area contributed by atoms with E-state index in [0.717, 1.165) is 28.6 Å².